The number of allylic oxidation sites excluding steroid dienone is 1. The Hall–Kier alpha value is -1.67. The molecule has 4 rings (SSSR count). The van der Waals surface area contributed by atoms with Crippen LogP contribution in [0.2, 0.25) is 0 Å². The fraction of sp³-hybridized carbons (Fsp3) is 0.792. The van der Waals surface area contributed by atoms with Gasteiger partial charge in [0, 0.05) is 30.1 Å². The Bertz CT molecular complexity index is 903. The summed E-state index contributed by atoms with van der Waals surface area (Å²) in [5.41, 5.74) is -6.57. The lowest BCUT2D eigenvalue weighted by atomic mass is 9.43. The number of aliphatic hydroxyl groups excluding tert-OH is 1. The lowest BCUT2D eigenvalue weighted by molar-refractivity contribution is -0.233. The van der Waals surface area contributed by atoms with E-state index in [-0.39, 0.29) is 43.5 Å². The summed E-state index contributed by atoms with van der Waals surface area (Å²) in [5.74, 6) is -3.67. The van der Waals surface area contributed by atoms with Gasteiger partial charge in [-0.3, -0.25) is 14.4 Å². The number of alkyl halides is 2. The predicted molar refractivity (Wildman–Crippen MR) is 110 cm³/mol. The smallest absolute Gasteiger partial charge is 0.303 e. The first kappa shape index (κ1) is 23.5. The van der Waals surface area contributed by atoms with E-state index in [1.54, 1.807) is 20.8 Å². The highest BCUT2D eigenvalue weighted by Gasteiger charge is 2.76. The molecule has 0 saturated heterocycles. The highest BCUT2D eigenvalue weighted by Crippen LogP contribution is 2.71. The number of fused-ring (bicyclic) bond motifs is 5. The standard InChI is InChI=1S/C24H32F2O6/c1-12-7-15-16-9-18(25)17-8-14(28)5-6-21(17,3)23(16,26)19(29)10-22(15,4)24(12,31)20(30)11-32-13(2)27/h8,12,15-16,18-19,29,31H,5-7,9-11H2,1-4H3/t12?,15-,16-,18?,19?,21-,22-,23-,24-/m0/s1. The van der Waals surface area contributed by atoms with Gasteiger partial charge in [0.05, 0.1) is 6.10 Å². The number of carbonyl (C=O) groups excluding carboxylic acids is 3. The number of esters is 1. The van der Waals surface area contributed by atoms with Crippen molar-refractivity contribution in [1.82, 2.24) is 0 Å². The number of carbonyl (C=O) groups is 3. The number of Topliss-reactive ketones (excluding diaryl/α,β-unsaturated/α-hetero) is 1. The Morgan fingerprint density at radius 2 is 1.91 bits per heavy atom. The number of ether oxygens (including phenoxy) is 1. The molecule has 0 aliphatic heterocycles. The van der Waals surface area contributed by atoms with Crippen molar-refractivity contribution < 1.29 is 38.1 Å². The van der Waals surface area contributed by atoms with Crippen molar-refractivity contribution in [2.45, 2.75) is 83.3 Å². The van der Waals surface area contributed by atoms with Crippen molar-refractivity contribution >= 4 is 17.5 Å². The van der Waals surface area contributed by atoms with Crippen LogP contribution in [0.4, 0.5) is 8.78 Å². The highest BCUT2D eigenvalue weighted by atomic mass is 19.1. The topological polar surface area (TPSA) is 101 Å². The van der Waals surface area contributed by atoms with Crippen LogP contribution < -0.4 is 0 Å². The average molecular weight is 455 g/mol. The van der Waals surface area contributed by atoms with Crippen molar-refractivity contribution in [3.63, 3.8) is 0 Å². The van der Waals surface area contributed by atoms with Crippen LogP contribution in [0.15, 0.2) is 11.6 Å². The molecule has 4 aliphatic rings. The van der Waals surface area contributed by atoms with Crippen molar-refractivity contribution in [2.24, 2.45) is 28.6 Å². The van der Waals surface area contributed by atoms with E-state index in [9.17, 15) is 24.6 Å². The first-order valence-corrected chi connectivity index (χ1v) is 11.4. The molecule has 3 saturated carbocycles. The lowest BCUT2D eigenvalue weighted by Crippen LogP contribution is -2.71. The second-order valence-corrected chi connectivity index (χ2v) is 10.8. The molecule has 0 bridgehead atoms. The van der Waals surface area contributed by atoms with Gasteiger partial charge in [0.25, 0.3) is 0 Å². The largest absolute Gasteiger partial charge is 0.458 e. The van der Waals surface area contributed by atoms with Gasteiger partial charge in [-0.05, 0) is 49.2 Å². The maximum absolute atomic E-state index is 17.1. The van der Waals surface area contributed by atoms with E-state index in [1.807, 2.05) is 0 Å². The van der Waals surface area contributed by atoms with Crippen molar-refractivity contribution in [2.75, 3.05) is 6.61 Å². The zero-order valence-electron chi connectivity index (χ0n) is 19.0. The number of ketones is 2. The number of hydrogen-bond donors (Lipinski definition) is 2. The fourth-order valence-corrected chi connectivity index (χ4v) is 7.77. The minimum Gasteiger partial charge on any atom is -0.458 e. The van der Waals surface area contributed by atoms with E-state index in [2.05, 4.69) is 0 Å². The maximum Gasteiger partial charge on any atom is 0.303 e. The zero-order valence-corrected chi connectivity index (χ0v) is 19.0. The first-order chi connectivity index (χ1) is 14.7. The highest BCUT2D eigenvalue weighted by molar-refractivity contribution is 5.92. The summed E-state index contributed by atoms with van der Waals surface area (Å²) in [6, 6.07) is 0. The third-order valence-electron chi connectivity index (χ3n) is 9.44. The van der Waals surface area contributed by atoms with Crippen LogP contribution in [0.1, 0.15) is 59.8 Å². The minimum atomic E-state index is -2.18. The number of hydrogen-bond acceptors (Lipinski definition) is 6. The van der Waals surface area contributed by atoms with Crippen LogP contribution in [-0.4, -0.2) is 57.9 Å². The predicted octanol–water partition coefficient (Wildman–Crippen LogP) is 2.64. The Balaban J connectivity index is 1.78. The van der Waals surface area contributed by atoms with E-state index in [0.717, 1.165) is 6.92 Å². The van der Waals surface area contributed by atoms with Gasteiger partial charge in [-0.25, -0.2) is 8.78 Å². The quantitative estimate of drug-likeness (QED) is 0.636. The Morgan fingerprint density at radius 1 is 1.25 bits per heavy atom. The van der Waals surface area contributed by atoms with Gasteiger partial charge in [0.1, 0.15) is 17.4 Å². The lowest BCUT2D eigenvalue weighted by Gasteiger charge is -2.63. The van der Waals surface area contributed by atoms with Gasteiger partial charge < -0.3 is 14.9 Å². The Kier molecular flexibility index (Phi) is 5.26. The van der Waals surface area contributed by atoms with Crippen molar-refractivity contribution in [3.8, 4) is 0 Å². The van der Waals surface area contributed by atoms with E-state index in [0.29, 0.717) is 0 Å². The molecule has 9 atom stereocenters. The molecule has 0 aromatic rings. The van der Waals surface area contributed by atoms with Gasteiger partial charge in [0.2, 0.25) is 5.78 Å². The molecule has 8 heteroatoms. The van der Waals surface area contributed by atoms with Crippen LogP contribution in [0, 0.1) is 28.6 Å². The normalized spacial score (nSPS) is 50.1. The number of rotatable bonds is 3. The van der Waals surface area contributed by atoms with Crippen molar-refractivity contribution in [1.29, 1.82) is 0 Å². The summed E-state index contributed by atoms with van der Waals surface area (Å²) in [6.45, 7) is 5.47. The molecular weight excluding hydrogens is 422 g/mol. The van der Waals surface area contributed by atoms with Crippen molar-refractivity contribution in [3.05, 3.63) is 11.6 Å². The molecule has 32 heavy (non-hydrogen) atoms. The fourth-order valence-electron chi connectivity index (χ4n) is 7.77. The second-order valence-electron chi connectivity index (χ2n) is 10.8. The SMILES string of the molecule is CC(=O)OCC(=O)[C@@]1(O)C(C)C[C@H]2[C@@H]3CC(F)C4=CC(=O)CC[C@]4(C)[C@@]3(F)C(O)C[C@@]21C. The molecule has 2 N–H and O–H groups in total. The third kappa shape index (κ3) is 2.71. The Morgan fingerprint density at radius 3 is 2.53 bits per heavy atom. The van der Waals surface area contributed by atoms with Gasteiger partial charge >= 0.3 is 5.97 Å². The first-order valence-electron chi connectivity index (χ1n) is 11.4. The average Bonchev–Trinajstić information content (AvgIpc) is 2.91. The summed E-state index contributed by atoms with van der Waals surface area (Å²) in [6.07, 6.45) is -1.81. The van der Waals surface area contributed by atoms with Crippen LogP contribution in [0.5, 0.6) is 0 Å². The molecule has 3 unspecified atom stereocenters. The van der Waals surface area contributed by atoms with Crippen LogP contribution >= 0.6 is 0 Å². The molecule has 0 heterocycles. The Labute approximate surface area is 186 Å². The minimum absolute atomic E-state index is 0.0843. The monoisotopic (exact) mass is 454 g/mol. The zero-order chi connectivity index (χ0) is 23.9. The van der Waals surface area contributed by atoms with Gasteiger partial charge in [-0.15, -0.1) is 0 Å². The van der Waals surface area contributed by atoms with Gasteiger partial charge in [-0.2, -0.15) is 0 Å². The summed E-state index contributed by atoms with van der Waals surface area (Å²) in [4.78, 5) is 36.2. The van der Waals surface area contributed by atoms with E-state index >= 15 is 8.78 Å². The molecule has 0 spiro atoms. The molecule has 6 nitrogen and oxygen atoms in total. The van der Waals surface area contributed by atoms with Crippen LogP contribution in [0.3, 0.4) is 0 Å². The summed E-state index contributed by atoms with van der Waals surface area (Å²) >= 11 is 0. The molecular formula is C24H32F2O6. The molecule has 4 aliphatic carbocycles. The maximum atomic E-state index is 17.1. The van der Waals surface area contributed by atoms with E-state index < -0.39 is 70.5 Å². The molecule has 0 amide bonds. The summed E-state index contributed by atoms with van der Waals surface area (Å²) in [7, 11) is 0. The summed E-state index contributed by atoms with van der Waals surface area (Å²) < 4.78 is 37.3. The van der Waals surface area contributed by atoms with Crippen LogP contribution in [-0.2, 0) is 19.1 Å². The van der Waals surface area contributed by atoms with E-state index in [1.165, 1.54) is 6.08 Å². The number of halogens is 2. The van der Waals surface area contributed by atoms with Gasteiger partial charge in [-0.1, -0.05) is 20.8 Å². The molecule has 0 radical (unpaired) electrons. The van der Waals surface area contributed by atoms with E-state index in [4.69, 9.17) is 4.74 Å². The number of aliphatic hydroxyl groups is 2. The molecule has 3 fully saturated rings. The summed E-state index contributed by atoms with van der Waals surface area (Å²) in [5, 5.41) is 22.9. The van der Waals surface area contributed by atoms with Crippen LogP contribution in [0.25, 0.3) is 0 Å². The molecule has 178 valence electrons. The molecule has 0 aromatic heterocycles. The second kappa shape index (κ2) is 7.16. The van der Waals surface area contributed by atoms with Gasteiger partial charge in [0.15, 0.2) is 12.4 Å². The third-order valence-corrected chi connectivity index (χ3v) is 9.44. The molecule has 0 aromatic carbocycles.